The number of rotatable bonds is 8. The quantitative estimate of drug-likeness (QED) is 0.234. The zero-order valence-corrected chi connectivity index (χ0v) is 22.1. The normalized spacial score (nSPS) is 12.5. The first-order valence-corrected chi connectivity index (χ1v) is 11.3. The second-order valence-electron chi connectivity index (χ2n) is 7.88. The summed E-state index contributed by atoms with van der Waals surface area (Å²) >= 11 is 0. The van der Waals surface area contributed by atoms with Crippen LogP contribution in [0.25, 0.3) is 0 Å². The maximum Gasteiger partial charge on any atom is 0.360 e. The van der Waals surface area contributed by atoms with Gasteiger partial charge in [0.1, 0.15) is 13.7 Å². The molecular weight excluding hydrogens is 442 g/mol. The Morgan fingerprint density at radius 2 is 1.69 bits per heavy atom. The smallest absolute Gasteiger partial charge is 0.360 e. The zero-order valence-electron chi connectivity index (χ0n) is 19.8. The molecule has 172 valence electrons. The van der Waals surface area contributed by atoms with Crippen molar-refractivity contribution in [3.05, 3.63) is 69.3 Å². The molecule has 6 nitrogen and oxygen atoms in total. The van der Waals surface area contributed by atoms with Crippen molar-refractivity contribution in [1.82, 2.24) is 0 Å². The fraction of sp³-hybridized carbons (Fsp3) is 0.375. The number of oxime groups is 2. The Bertz CT molecular complexity index is 1060. The van der Waals surface area contributed by atoms with Gasteiger partial charge >= 0.3 is 5.97 Å². The number of ether oxygens (including phenoxy) is 1. The summed E-state index contributed by atoms with van der Waals surface area (Å²) in [6.45, 7) is 10.4. The van der Waals surface area contributed by atoms with Crippen LogP contribution in [0.5, 0.6) is 0 Å². The number of methoxy groups -OCH3 is 1. The highest BCUT2D eigenvalue weighted by Gasteiger charge is 2.24. The minimum atomic E-state index is -0.585. The number of benzene rings is 2. The van der Waals surface area contributed by atoms with Gasteiger partial charge in [0.15, 0.2) is 5.71 Å². The Hall–Kier alpha value is -2.29. The molecule has 2 rings (SSSR count). The average molecular weight is 474 g/mol. The minimum absolute atomic E-state index is 0.0798. The predicted molar refractivity (Wildman–Crippen MR) is 136 cm³/mol. The third-order valence-electron chi connectivity index (χ3n) is 5.30. The summed E-state index contributed by atoms with van der Waals surface area (Å²) in [6.07, 6.45) is 0. The zero-order chi connectivity index (χ0) is 24.1. The summed E-state index contributed by atoms with van der Waals surface area (Å²) in [6, 6.07) is 9.74. The summed E-state index contributed by atoms with van der Waals surface area (Å²) in [5.74, 6) is -0.585. The molecule has 0 aliphatic rings. The van der Waals surface area contributed by atoms with Crippen LogP contribution in [-0.2, 0) is 30.7 Å². The van der Waals surface area contributed by atoms with E-state index in [0.29, 0.717) is 5.56 Å². The number of hydrogen-bond acceptors (Lipinski definition) is 6. The van der Waals surface area contributed by atoms with E-state index in [1.165, 1.54) is 30.9 Å². The summed E-state index contributed by atoms with van der Waals surface area (Å²) in [5, 5.41) is 8.26. The van der Waals surface area contributed by atoms with Gasteiger partial charge in [0.2, 0.25) is 0 Å². The van der Waals surface area contributed by atoms with E-state index in [-0.39, 0.29) is 17.2 Å². The van der Waals surface area contributed by atoms with E-state index >= 15 is 0 Å². The molecule has 2 aromatic rings. The molecule has 0 fully saturated rings. The van der Waals surface area contributed by atoms with E-state index in [2.05, 4.69) is 61.7 Å². The van der Waals surface area contributed by atoms with Gasteiger partial charge in [0.05, 0.1) is 12.8 Å². The van der Waals surface area contributed by atoms with Crippen LogP contribution in [0.1, 0.15) is 52.8 Å². The molecule has 8 heteroatoms. The Balaban J connectivity index is 2.40. The van der Waals surface area contributed by atoms with E-state index < -0.39 is 5.97 Å². The molecule has 2 unspecified atom stereocenters. The van der Waals surface area contributed by atoms with Gasteiger partial charge in [-0.1, -0.05) is 40.6 Å². The van der Waals surface area contributed by atoms with Crippen molar-refractivity contribution in [3.8, 4) is 0 Å². The van der Waals surface area contributed by atoms with E-state index in [9.17, 15) is 4.79 Å². The predicted octanol–water partition coefficient (Wildman–Crippen LogP) is 5.00. The Labute approximate surface area is 195 Å². The molecule has 0 amide bonds. The third kappa shape index (κ3) is 5.94. The van der Waals surface area contributed by atoms with Crippen molar-refractivity contribution in [2.45, 2.75) is 46.1 Å². The second kappa shape index (κ2) is 11.0. The van der Waals surface area contributed by atoms with Crippen molar-refractivity contribution in [2.24, 2.45) is 10.3 Å². The summed E-state index contributed by atoms with van der Waals surface area (Å²) in [5.41, 5.74) is 7.83. The minimum Gasteiger partial charge on any atom is -0.464 e. The molecule has 0 N–H and O–H groups in total. The molecule has 0 bridgehead atoms. The number of nitrogens with zero attached hydrogens (tertiary/aromatic N) is 2. The topological polar surface area (TPSA) is 69.5 Å². The maximum absolute atomic E-state index is 12.2. The van der Waals surface area contributed by atoms with Crippen LogP contribution in [0.15, 0.2) is 40.6 Å². The first kappa shape index (κ1) is 26.0. The Kier molecular flexibility index (Phi) is 8.95. The van der Waals surface area contributed by atoms with Gasteiger partial charge in [-0.05, 0) is 56.9 Å². The van der Waals surface area contributed by atoms with Gasteiger partial charge in [0, 0.05) is 21.6 Å². The Morgan fingerprint density at radius 3 is 2.28 bits per heavy atom. The van der Waals surface area contributed by atoms with Crippen molar-refractivity contribution in [1.29, 1.82) is 0 Å². The third-order valence-corrected chi connectivity index (χ3v) is 5.88. The van der Waals surface area contributed by atoms with Crippen LogP contribution in [-0.4, -0.2) is 31.6 Å². The van der Waals surface area contributed by atoms with E-state index in [1.807, 2.05) is 26.0 Å². The van der Waals surface area contributed by atoms with Gasteiger partial charge in [-0.2, -0.15) is 0 Å². The number of carbonyl (C=O) groups excluding carboxylic acids is 1. The van der Waals surface area contributed by atoms with Gasteiger partial charge in [-0.15, -0.1) is 18.5 Å². The molecule has 2 aromatic carbocycles. The first-order valence-electron chi connectivity index (χ1n) is 10.2. The first-order chi connectivity index (χ1) is 15.0. The fourth-order valence-electron chi connectivity index (χ4n) is 3.55. The number of carbonyl (C=O) groups is 1. The van der Waals surface area contributed by atoms with Gasteiger partial charge in [-0.3, -0.25) is 0 Å². The highest BCUT2D eigenvalue weighted by Crippen LogP contribution is 2.42. The van der Waals surface area contributed by atoms with Crippen LogP contribution >= 0.6 is 18.5 Å². The lowest BCUT2D eigenvalue weighted by Crippen LogP contribution is -2.20. The summed E-state index contributed by atoms with van der Waals surface area (Å²) in [4.78, 5) is 22.6. The molecule has 0 aliphatic carbocycles. The molecule has 0 aliphatic heterocycles. The van der Waals surface area contributed by atoms with E-state index in [0.717, 1.165) is 22.4 Å². The van der Waals surface area contributed by atoms with Crippen LogP contribution in [0.2, 0.25) is 0 Å². The molecule has 0 heterocycles. The van der Waals surface area contributed by atoms with Gasteiger partial charge in [0.25, 0.3) is 0 Å². The van der Waals surface area contributed by atoms with Crippen molar-refractivity contribution in [3.63, 3.8) is 0 Å². The van der Waals surface area contributed by atoms with Crippen LogP contribution in [0, 0.1) is 20.8 Å². The Morgan fingerprint density at radius 1 is 1.00 bits per heavy atom. The average Bonchev–Trinajstić information content (AvgIpc) is 2.73. The maximum atomic E-state index is 12.2. The molecule has 0 spiro atoms. The molecule has 0 radical (unpaired) electrons. The lowest BCUT2D eigenvalue weighted by molar-refractivity contribution is -0.132. The fourth-order valence-corrected chi connectivity index (χ4v) is 4.30. The summed E-state index contributed by atoms with van der Waals surface area (Å²) < 4.78 is 4.86. The molecule has 0 saturated carbocycles. The molecule has 2 atom stereocenters. The highest BCUT2D eigenvalue weighted by molar-refractivity contribution is 7.39. The SMILES string of the molecule is CO/N=C(/C(=O)OC)c1cccc(C)c1CO/N=C(\C)c1ccc(C)c(C)c1C(C)(P)P. The highest BCUT2D eigenvalue weighted by atomic mass is 31.1. The largest absolute Gasteiger partial charge is 0.464 e. The van der Waals surface area contributed by atoms with Gasteiger partial charge in [-0.25, -0.2) is 4.79 Å². The molecule has 32 heavy (non-hydrogen) atoms. The monoisotopic (exact) mass is 474 g/mol. The van der Waals surface area contributed by atoms with Gasteiger partial charge < -0.3 is 14.4 Å². The molecular formula is C24H32N2O4P2. The van der Waals surface area contributed by atoms with Crippen molar-refractivity contribution >= 4 is 35.9 Å². The number of aryl methyl sites for hydroxylation is 2. The van der Waals surface area contributed by atoms with Crippen LogP contribution in [0.3, 0.4) is 0 Å². The second-order valence-corrected chi connectivity index (χ2v) is 10.9. The summed E-state index contributed by atoms with van der Waals surface area (Å²) in [7, 11) is 8.44. The molecule has 0 saturated heterocycles. The lowest BCUT2D eigenvalue weighted by atomic mass is 9.93. The van der Waals surface area contributed by atoms with E-state index in [1.54, 1.807) is 6.07 Å². The molecule has 0 aromatic heterocycles. The van der Waals surface area contributed by atoms with Crippen molar-refractivity contribution in [2.75, 3.05) is 14.2 Å². The number of hydrogen-bond donors (Lipinski definition) is 0. The van der Waals surface area contributed by atoms with Crippen molar-refractivity contribution < 1.29 is 19.2 Å². The van der Waals surface area contributed by atoms with Crippen LogP contribution in [0.4, 0.5) is 0 Å². The lowest BCUT2D eigenvalue weighted by Gasteiger charge is -2.26. The van der Waals surface area contributed by atoms with Crippen LogP contribution < -0.4 is 0 Å². The van der Waals surface area contributed by atoms with E-state index in [4.69, 9.17) is 14.4 Å². The standard InChI is InChI=1S/C24H32N2O4P2/c1-14-11-12-18(21(16(14)3)24(5,31)32)17(4)25-30-13-20-15(2)9-8-10-19(20)22(26-29-7)23(27)28-6/h8-12H,13,31-32H2,1-7H3/b25-17+,26-22+. The number of esters is 1.